The Kier molecular flexibility index (Phi) is 8.38. The molecule has 4 rings (SSSR count). The van der Waals surface area contributed by atoms with E-state index in [9.17, 15) is 21.6 Å². The predicted octanol–water partition coefficient (Wildman–Crippen LogP) is 4.67. The number of rotatable bonds is 8. The van der Waals surface area contributed by atoms with Gasteiger partial charge in [-0.05, 0) is 82.0 Å². The van der Waals surface area contributed by atoms with Crippen molar-refractivity contribution in [3.63, 3.8) is 0 Å². The fourth-order valence-electron chi connectivity index (χ4n) is 4.16. The first-order chi connectivity index (χ1) is 18.3. The topological polar surface area (TPSA) is 135 Å². The van der Waals surface area contributed by atoms with Crippen molar-refractivity contribution in [1.29, 1.82) is 0 Å². The van der Waals surface area contributed by atoms with Crippen LogP contribution in [0.25, 0.3) is 11.3 Å². The average molecular weight is 576 g/mol. The molecule has 0 unspecified atom stereocenters. The van der Waals surface area contributed by atoms with E-state index in [4.69, 9.17) is 9.15 Å². The number of amides is 1. The van der Waals surface area contributed by atoms with Gasteiger partial charge >= 0.3 is 6.09 Å². The molecule has 10 nitrogen and oxygen atoms in total. The van der Waals surface area contributed by atoms with Crippen molar-refractivity contribution >= 4 is 31.8 Å². The summed E-state index contributed by atoms with van der Waals surface area (Å²) in [7, 11) is -8.03. The van der Waals surface area contributed by atoms with Crippen LogP contribution in [0.4, 0.5) is 10.5 Å². The van der Waals surface area contributed by atoms with E-state index in [1.165, 1.54) is 24.5 Å². The maximum absolute atomic E-state index is 13.1. The number of carbonyl (C=O) groups excluding carboxylic acids is 1. The fraction of sp³-hybridized carbons (Fsp3) is 0.370. The summed E-state index contributed by atoms with van der Waals surface area (Å²) in [5, 5.41) is 0. The normalized spacial score (nSPS) is 15.2. The van der Waals surface area contributed by atoms with Crippen LogP contribution in [-0.4, -0.2) is 53.1 Å². The smallest absolute Gasteiger partial charge is 0.410 e. The van der Waals surface area contributed by atoms with E-state index in [-0.39, 0.29) is 28.3 Å². The molecule has 0 atom stereocenters. The maximum atomic E-state index is 13.1. The summed E-state index contributed by atoms with van der Waals surface area (Å²) in [6.07, 6.45) is 2.40. The van der Waals surface area contributed by atoms with Crippen molar-refractivity contribution in [3.8, 4) is 11.3 Å². The van der Waals surface area contributed by atoms with Crippen LogP contribution < -0.4 is 9.44 Å². The van der Waals surface area contributed by atoms with E-state index in [1.54, 1.807) is 41.3 Å². The van der Waals surface area contributed by atoms with Gasteiger partial charge in [-0.1, -0.05) is 18.2 Å². The van der Waals surface area contributed by atoms with Crippen molar-refractivity contribution in [1.82, 2.24) is 9.62 Å². The molecule has 0 radical (unpaired) electrons. The second-order valence-electron chi connectivity index (χ2n) is 10.4. The molecule has 1 saturated heterocycles. The fourth-order valence-corrected chi connectivity index (χ4v) is 6.49. The second-order valence-corrected chi connectivity index (χ2v) is 13.9. The summed E-state index contributed by atoms with van der Waals surface area (Å²) in [5.41, 5.74) is 0.427. The average Bonchev–Trinajstić information content (AvgIpc) is 3.42. The quantitative estimate of drug-likeness (QED) is 0.398. The Morgan fingerprint density at radius 1 is 0.949 bits per heavy atom. The third-order valence-corrected chi connectivity index (χ3v) is 8.98. The zero-order valence-corrected chi connectivity index (χ0v) is 23.7. The van der Waals surface area contributed by atoms with Crippen molar-refractivity contribution in [2.75, 3.05) is 24.4 Å². The van der Waals surface area contributed by atoms with E-state index in [0.29, 0.717) is 42.9 Å². The number of nitrogens with zero attached hydrogens (tertiary/aromatic N) is 1. The number of sulfonamides is 2. The highest BCUT2D eigenvalue weighted by Gasteiger charge is 2.28. The molecule has 1 aliphatic heterocycles. The van der Waals surface area contributed by atoms with Crippen LogP contribution in [0.5, 0.6) is 0 Å². The molecule has 1 aliphatic rings. The van der Waals surface area contributed by atoms with Gasteiger partial charge < -0.3 is 14.1 Å². The monoisotopic (exact) mass is 575 g/mol. The summed E-state index contributed by atoms with van der Waals surface area (Å²) in [6.45, 7) is 6.55. The first-order valence-electron chi connectivity index (χ1n) is 12.6. The summed E-state index contributed by atoms with van der Waals surface area (Å²) in [4.78, 5) is 13.5. The predicted molar refractivity (Wildman–Crippen MR) is 147 cm³/mol. The summed E-state index contributed by atoms with van der Waals surface area (Å²) in [5.74, 6) is 0.624. The van der Waals surface area contributed by atoms with Gasteiger partial charge in [0, 0.05) is 30.9 Å². The highest BCUT2D eigenvalue weighted by molar-refractivity contribution is 7.93. The van der Waals surface area contributed by atoms with Gasteiger partial charge in [0.1, 0.15) is 11.4 Å². The number of furan rings is 1. The van der Waals surface area contributed by atoms with Crippen LogP contribution in [0, 0.1) is 5.92 Å². The molecule has 0 spiro atoms. The molecule has 1 amide bonds. The molecule has 2 N–H and O–H groups in total. The van der Waals surface area contributed by atoms with Crippen molar-refractivity contribution < 1.29 is 30.8 Å². The van der Waals surface area contributed by atoms with Crippen LogP contribution >= 0.6 is 0 Å². The van der Waals surface area contributed by atoms with Gasteiger partial charge in [0.15, 0.2) is 0 Å². The molecule has 0 saturated carbocycles. The largest absolute Gasteiger partial charge is 0.464 e. The SMILES string of the molecule is CC(C)(C)OC(=O)N1CCC(CNS(=O)(=O)c2cccc(S(=O)(=O)Nc3cccc(-c4ccco4)c3)c2)CC1. The van der Waals surface area contributed by atoms with Crippen LogP contribution in [0.3, 0.4) is 0 Å². The lowest BCUT2D eigenvalue weighted by atomic mass is 9.97. The first-order valence-corrected chi connectivity index (χ1v) is 15.5. The molecule has 1 fully saturated rings. The number of ether oxygens (including phenoxy) is 1. The summed E-state index contributed by atoms with van der Waals surface area (Å²) in [6, 6.07) is 15.4. The Morgan fingerprint density at radius 3 is 2.26 bits per heavy atom. The number of benzene rings is 2. The highest BCUT2D eigenvalue weighted by atomic mass is 32.2. The van der Waals surface area contributed by atoms with Crippen molar-refractivity contribution in [2.45, 2.75) is 49.0 Å². The third-order valence-electron chi connectivity index (χ3n) is 6.17. The van der Waals surface area contributed by atoms with Crippen LogP contribution in [-0.2, 0) is 24.8 Å². The zero-order valence-electron chi connectivity index (χ0n) is 22.1. The molecule has 210 valence electrons. The Bertz CT molecular complexity index is 1500. The Morgan fingerprint density at radius 2 is 1.62 bits per heavy atom. The van der Waals surface area contributed by atoms with E-state index in [0.717, 1.165) is 6.07 Å². The van der Waals surface area contributed by atoms with Gasteiger partial charge in [-0.2, -0.15) is 0 Å². The molecule has 0 bridgehead atoms. The van der Waals surface area contributed by atoms with Crippen LogP contribution in [0.2, 0.25) is 0 Å². The lowest BCUT2D eigenvalue weighted by molar-refractivity contribution is 0.0185. The summed E-state index contributed by atoms with van der Waals surface area (Å²) < 4.78 is 68.0. The molecule has 1 aromatic heterocycles. The van der Waals surface area contributed by atoms with Crippen molar-refractivity contribution in [3.05, 3.63) is 66.9 Å². The number of hydrogen-bond acceptors (Lipinski definition) is 7. The molecule has 3 aromatic rings. The minimum absolute atomic E-state index is 0.0356. The van der Waals surface area contributed by atoms with Gasteiger partial charge in [-0.25, -0.2) is 26.4 Å². The maximum Gasteiger partial charge on any atom is 0.410 e. The van der Waals surface area contributed by atoms with E-state index >= 15 is 0 Å². The first kappa shape index (κ1) is 28.7. The van der Waals surface area contributed by atoms with Gasteiger partial charge in [-0.15, -0.1) is 0 Å². The van der Waals surface area contributed by atoms with Gasteiger partial charge in [0.25, 0.3) is 10.0 Å². The number of hydrogen-bond donors (Lipinski definition) is 2. The van der Waals surface area contributed by atoms with E-state index < -0.39 is 25.6 Å². The highest BCUT2D eigenvalue weighted by Crippen LogP contribution is 2.26. The Balaban J connectivity index is 1.38. The Labute approximate surface area is 229 Å². The van der Waals surface area contributed by atoms with Crippen LogP contribution in [0.1, 0.15) is 33.6 Å². The zero-order chi connectivity index (χ0) is 28.3. The molecule has 12 heteroatoms. The number of likely N-dealkylation sites (tertiary alicyclic amines) is 1. The number of carbonyl (C=O) groups is 1. The number of piperidine rings is 1. The van der Waals surface area contributed by atoms with Gasteiger partial charge in [-0.3, -0.25) is 4.72 Å². The molecular formula is C27H33N3O7S2. The standard InChI is InChI=1S/C27H33N3O7S2/c1-27(2,3)37-26(31)30-14-12-20(13-15-30)19-28-38(32,33)23-9-5-10-24(18-23)39(34,35)29-22-8-4-7-21(17-22)25-11-6-16-36-25/h4-11,16-18,20,28-29H,12-15,19H2,1-3H3. The lowest BCUT2D eigenvalue weighted by Gasteiger charge is -2.33. The molecule has 2 aromatic carbocycles. The minimum Gasteiger partial charge on any atom is -0.464 e. The molecule has 2 heterocycles. The molecular weight excluding hydrogens is 542 g/mol. The molecule has 0 aliphatic carbocycles. The minimum atomic E-state index is -4.07. The van der Waals surface area contributed by atoms with Gasteiger partial charge in [0.05, 0.1) is 16.1 Å². The molecule has 39 heavy (non-hydrogen) atoms. The summed E-state index contributed by atoms with van der Waals surface area (Å²) >= 11 is 0. The third kappa shape index (κ3) is 7.61. The number of anilines is 1. The van der Waals surface area contributed by atoms with Gasteiger partial charge in [0.2, 0.25) is 10.0 Å². The van der Waals surface area contributed by atoms with Crippen molar-refractivity contribution in [2.24, 2.45) is 5.92 Å². The Hall–Kier alpha value is -3.35. The lowest BCUT2D eigenvalue weighted by Crippen LogP contribution is -2.43. The second kappa shape index (κ2) is 11.4. The van der Waals surface area contributed by atoms with E-state index in [1.807, 2.05) is 20.8 Å². The number of nitrogens with one attached hydrogen (secondary N) is 2. The van der Waals surface area contributed by atoms with Crippen LogP contribution in [0.15, 0.2) is 81.1 Å². The van der Waals surface area contributed by atoms with E-state index in [2.05, 4.69) is 9.44 Å².